The molecule has 0 aromatic heterocycles. The molecule has 0 aliphatic rings. The van der Waals surface area contributed by atoms with Crippen molar-refractivity contribution in [2.75, 3.05) is 54.3 Å². The van der Waals surface area contributed by atoms with E-state index in [2.05, 4.69) is 21.9 Å². The van der Waals surface area contributed by atoms with E-state index in [0.29, 0.717) is 29.1 Å². The summed E-state index contributed by atoms with van der Waals surface area (Å²) in [5.41, 5.74) is 2.88. The van der Waals surface area contributed by atoms with Crippen LogP contribution in [0.1, 0.15) is 53.0 Å². The number of sulfonamides is 1. The van der Waals surface area contributed by atoms with E-state index in [1.165, 1.54) is 27.4 Å². The largest absolute Gasteiger partial charge is 0.496 e. The lowest BCUT2D eigenvalue weighted by Gasteiger charge is -2.30. The molecule has 0 saturated carbocycles. The molecule has 0 saturated heterocycles. The normalized spacial score (nSPS) is 12.0. The number of amides is 1. The van der Waals surface area contributed by atoms with Gasteiger partial charge in [-0.3, -0.25) is 19.6 Å². The first-order valence-corrected chi connectivity index (χ1v) is 21.6. The van der Waals surface area contributed by atoms with Crippen LogP contribution < -0.4 is 24.6 Å². The summed E-state index contributed by atoms with van der Waals surface area (Å²) in [6.45, 7) is 11.7. The number of terminal acetylenes is 2. The molecule has 0 heterocycles. The molecule has 0 spiro atoms. The zero-order valence-corrected chi connectivity index (χ0v) is 38.1. The highest BCUT2D eigenvalue weighted by Gasteiger charge is 2.24. The molecule has 0 unspecified atom stereocenters. The first-order chi connectivity index (χ1) is 29.9. The molecular weight excluding hydrogens is 821 g/mol. The number of nitrogens with one attached hydrogen (secondary N) is 2. The molecule has 0 aliphatic heterocycles. The molecule has 0 bridgehead atoms. The van der Waals surface area contributed by atoms with Gasteiger partial charge in [-0.2, -0.15) is 0 Å². The van der Waals surface area contributed by atoms with Gasteiger partial charge in [0.1, 0.15) is 11.4 Å². The SMILES string of the molecule is C#CCN(c1ccc(NC(=O)OC(C)(C)C)c2ccccc12)[C@@H](C)CC(=O)OC.C#CCN(c1ccc(NS(=O)(=O)c2ccc(OC)c(C)c2)c2ccccc12)[C@@H](C)CC(=O)OC. The van der Waals surface area contributed by atoms with Gasteiger partial charge in [-0.15, -0.1) is 12.8 Å². The lowest BCUT2D eigenvalue weighted by molar-refractivity contribution is -0.141. The van der Waals surface area contributed by atoms with Gasteiger partial charge in [-0.05, 0) is 89.6 Å². The minimum atomic E-state index is -3.84. The van der Waals surface area contributed by atoms with Crippen molar-refractivity contribution in [2.45, 2.75) is 77.0 Å². The summed E-state index contributed by atoms with van der Waals surface area (Å²) in [4.78, 5) is 39.9. The molecule has 5 rings (SSSR count). The Hall–Kier alpha value is -6.90. The van der Waals surface area contributed by atoms with Crippen LogP contribution in [0.25, 0.3) is 21.5 Å². The first-order valence-electron chi connectivity index (χ1n) is 20.1. The maximum Gasteiger partial charge on any atom is 0.412 e. The summed E-state index contributed by atoms with van der Waals surface area (Å²) in [5.74, 6) is 5.28. The Morgan fingerprint density at radius 2 is 1.16 bits per heavy atom. The van der Waals surface area contributed by atoms with Crippen LogP contribution in [0.3, 0.4) is 0 Å². The maximum atomic E-state index is 13.1. The first kappa shape index (κ1) is 48.8. The van der Waals surface area contributed by atoms with Crippen molar-refractivity contribution in [1.82, 2.24) is 0 Å². The number of benzene rings is 5. The Bertz CT molecular complexity index is 2630. The number of anilines is 4. The molecule has 5 aromatic rings. The van der Waals surface area contributed by atoms with E-state index in [4.69, 9.17) is 31.8 Å². The molecule has 0 fully saturated rings. The fourth-order valence-electron chi connectivity index (χ4n) is 6.92. The van der Waals surface area contributed by atoms with Crippen molar-refractivity contribution in [1.29, 1.82) is 0 Å². The minimum Gasteiger partial charge on any atom is -0.496 e. The zero-order valence-electron chi connectivity index (χ0n) is 37.3. The highest BCUT2D eigenvalue weighted by atomic mass is 32.2. The van der Waals surface area contributed by atoms with Crippen LogP contribution in [-0.2, 0) is 33.8 Å². The average molecular weight is 877 g/mol. The molecule has 2 N–H and O–H groups in total. The number of methoxy groups -OCH3 is 3. The van der Waals surface area contributed by atoms with Crippen LogP contribution in [0.15, 0.2) is 95.9 Å². The lowest BCUT2D eigenvalue weighted by atomic mass is 10.0. The summed E-state index contributed by atoms with van der Waals surface area (Å²) in [6, 6.07) is 26.7. The van der Waals surface area contributed by atoms with Gasteiger partial charge in [0.2, 0.25) is 0 Å². The number of carbonyl (C=O) groups excluding carboxylic acids is 3. The third kappa shape index (κ3) is 12.8. The van der Waals surface area contributed by atoms with Crippen molar-refractivity contribution < 1.29 is 41.7 Å². The van der Waals surface area contributed by atoms with Gasteiger partial charge in [0.05, 0.1) is 63.5 Å². The Labute approximate surface area is 371 Å². The van der Waals surface area contributed by atoms with Crippen molar-refractivity contribution in [3.63, 3.8) is 0 Å². The molecule has 13 nitrogen and oxygen atoms in total. The molecule has 2 atom stereocenters. The molecule has 0 radical (unpaired) electrons. The fourth-order valence-corrected chi connectivity index (χ4v) is 8.09. The average Bonchev–Trinajstić information content (AvgIpc) is 3.24. The smallest absolute Gasteiger partial charge is 0.412 e. The third-order valence-corrected chi connectivity index (χ3v) is 11.3. The highest BCUT2D eigenvalue weighted by molar-refractivity contribution is 7.92. The maximum absolute atomic E-state index is 13.1. The van der Waals surface area contributed by atoms with E-state index in [1.54, 1.807) is 25.1 Å². The van der Waals surface area contributed by atoms with E-state index in [1.807, 2.05) is 111 Å². The second kappa shape index (κ2) is 21.8. The predicted octanol–water partition coefficient (Wildman–Crippen LogP) is 8.93. The molecule has 332 valence electrons. The number of carbonyl (C=O) groups is 3. The summed E-state index contributed by atoms with van der Waals surface area (Å²) < 4.78 is 49.2. The van der Waals surface area contributed by atoms with Gasteiger partial charge in [0.25, 0.3) is 10.0 Å². The second-order valence-corrected chi connectivity index (χ2v) is 17.3. The summed E-state index contributed by atoms with van der Waals surface area (Å²) in [6.07, 6.45) is 11.1. The van der Waals surface area contributed by atoms with E-state index in [-0.39, 0.29) is 48.3 Å². The summed E-state index contributed by atoms with van der Waals surface area (Å²) >= 11 is 0. The predicted molar refractivity (Wildman–Crippen MR) is 251 cm³/mol. The van der Waals surface area contributed by atoms with E-state index < -0.39 is 21.7 Å². The number of fused-ring (bicyclic) bond motifs is 2. The van der Waals surface area contributed by atoms with Gasteiger partial charge in [0.15, 0.2) is 0 Å². The van der Waals surface area contributed by atoms with Gasteiger partial charge in [-0.1, -0.05) is 60.4 Å². The summed E-state index contributed by atoms with van der Waals surface area (Å²) in [5, 5.41) is 6.09. The van der Waals surface area contributed by atoms with Gasteiger partial charge in [0, 0.05) is 45.0 Å². The number of hydrogen-bond acceptors (Lipinski definition) is 11. The zero-order chi connectivity index (χ0) is 46.5. The van der Waals surface area contributed by atoms with Crippen molar-refractivity contribution in [2.24, 2.45) is 0 Å². The number of esters is 2. The number of nitrogens with zero attached hydrogens (tertiary/aromatic N) is 2. The third-order valence-electron chi connectivity index (χ3n) is 9.94. The lowest BCUT2D eigenvalue weighted by Crippen LogP contribution is -2.35. The Kier molecular flexibility index (Phi) is 16.8. The van der Waals surface area contributed by atoms with Crippen molar-refractivity contribution in [3.05, 3.63) is 96.6 Å². The molecule has 63 heavy (non-hydrogen) atoms. The molecule has 1 amide bonds. The second-order valence-electron chi connectivity index (χ2n) is 15.6. The van der Waals surface area contributed by atoms with E-state index >= 15 is 0 Å². The monoisotopic (exact) mass is 876 g/mol. The van der Waals surface area contributed by atoms with Crippen molar-refractivity contribution in [3.8, 4) is 30.4 Å². The van der Waals surface area contributed by atoms with Crippen LogP contribution in [0.2, 0.25) is 0 Å². The van der Waals surface area contributed by atoms with Crippen LogP contribution >= 0.6 is 0 Å². The standard InChI is InChI=1S/C26H28N2O5S.C23H28N2O4/c1-6-15-28(19(3)17-26(29)33-5)24-13-12-23(21-9-7-8-10-22(21)24)27-34(30,31)20-11-14-25(32-4)18(2)16-20;1-7-14-25(16(2)15-21(26)28-6)20-13-12-19(17-10-8-9-11-18(17)20)24-22(27)29-23(3,4)5/h1,7-14,16,19,27H,15,17H2,2-5H3;1,8-13,16H,14-15H2,2-6H3,(H,24,27)/t19-;16-/m00/s1. The quantitative estimate of drug-likeness (QED) is 0.0589. The highest BCUT2D eigenvalue weighted by Crippen LogP contribution is 2.36. The van der Waals surface area contributed by atoms with Gasteiger partial charge in [-0.25, -0.2) is 13.2 Å². The van der Waals surface area contributed by atoms with Crippen LogP contribution in [-0.4, -0.2) is 78.6 Å². The number of hydrogen-bond donors (Lipinski definition) is 2. The fraction of sp³-hybridized carbons (Fsp3) is 0.327. The molecular formula is C49H56N4O9S. The Morgan fingerprint density at radius 3 is 1.59 bits per heavy atom. The van der Waals surface area contributed by atoms with Crippen LogP contribution in [0.4, 0.5) is 27.5 Å². The topological polar surface area (TPSA) is 153 Å². The van der Waals surface area contributed by atoms with E-state index in [9.17, 15) is 22.8 Å². The minimum absolute atomic E-state index is 0.139. The summed E-state index contributed by atoms with van der Waals surface area (Å²) in [7, 11) is 0.412. The Morgan fingerprint density at radius 1 is 0.698 bits per heavy atom. The molecule has 0 aliphatic carbocycles. The number of ether oxygens (including phenoxy) is 4. The van der Waals surface area contributed by atoms with E-state index in [0.717, 1.165) is 33.1 Å². The molecule has 14 heteroatoms. The van der Waals surface area contributed by atoms with Crippen molar-refractivity contribution >= 4 is 72.3 Å². The van der Waals surface area contributed by atoms with Crippen LogP contribution in [0, 0.1) is 31.6 Å². The van der Waals surface area contributed by atoms with Crippen LogP contribution in [0.5, 0.6) is 5.75 Å². The molecule has 5 aromatic carbocycles. The van der Waals surface area contributed by atoms with Gasteiger partial charge < -0.3 is 28.7 Å². The number of rotatable bonds is 15. The number of aryl methyl sites for hydroxylation is 1. The Balaban J connectivity index is 0.000000280. The van der Waals surface area contributed by atoms with Gasteiger partial charge >= 0.3 is 18.0 Å².